The normalized spacial score (nSPS) is 11.6. The lowest BCUT2D eigenvalue weighted by molar-refractivity contribution is -0.131. The van der Waals surface area contributed by atoms with Gasteiger partial charge in [-0.3, -0.25) is 4.40 Å². The molecule has 0 aliphatic heterocycles. The fraction of sp³-hybridized carbons (Fsp3) is 0.176. The molecule has 0 aliphatic rings. The zero-order valence-electron chi connectivity index (χ0n) is 12.6. The first-order valence-electron chi connectivity index (χ1n) is 6.92. The molecule has 0 radical (unpaired) electrons. The van der Waals surface area contributed by atoms with Crippen LogP contribution >= 0.6 is 11.3 Å². The Balaban J connectivity index is 2.25. The van der Waals surface area contributed by atoms with Crippen LogP contribution in [0.3, 0.4) is 0 Å². The zero-order chi connectivity index (χ0) is 15.9. The number of rotatable bonds is 3. The molecular formula is C17H16N2O2S. The quantitative estimate of drug-likeness (QED) is 0.741. The molecule has 0 amide bonds. The Morgan fingerprint density at radius 3 is 2.77 bits per heavy atom. The molecule has 2 heterocycles. The Morgan fingerprint density at radius 1 is 1.32 bits per heavy atom. The third kappa shape index (κ3) is 2.44. The Hall–Kier alpha value is -2.40. The van der Waals surface area contributed by atoms with Gasteiger partial charge in [0.15, 0.2) is 4.96 Å². The van der Waals surface area contributed by atoms with Crippen molar-refractivity contribution < 1.29 is 9.90 Å². The minimum atomic E-state index is -0.961. The molecule has 4 nitrogen and oxygen atoms in total. The molecule has 1 N–H and O–H groups in total. The minimum absolute atomic E-state index is 0.814. The van der Waals surface area contributed by atoms with E-state index in [4.69, 9.17) is 5.11 Å². The first-order chi connectivity index (χ1) is 10.5. The van der Waals surface area contributed by atoms with Crippen LogP contribution in [0.15, 0.2) is 29.7 Å². The van der Waals surface area contributed by atoms with Gasteiger partial charge < -0.3 is 5.11 Å². The number of imidazole rings is 1. The molecule has 1 aromatic carbocycles. The lowest BCUT2D eigenvalue weighted by Crippen LogP contribution is -1.94. The number of benzene rings is 1. The van der Waals surface area contributed by atoms with Crippen molar-refractivity contribution >= 4 is 28.3 Å². The summed E-state index contributed by atoms with van der Waals surface area (Å²) in [6, 6.07) is 6.34. The minimum Gasteiger partial charge on any atom is -0.478 e. The number of fused-ring (bicyclic) bond motifs is 1. The van der Waals surface area contributed by atoms with Gasteiger partial charge in [-0.1, -0.05) is 23.8 Å². The van der Waals surface area contributed by atoms with Crippen LogP contribution in [0.2, 0.25) is 0 Å². The molecular weight excluding hydrogens is 296 g/mol. The molecule has 0 saturated carbocycles. The van der Waals surface area contributed by atoms with Gasteiger partial charge in [0.1, 0.15) is 0 Å². The standard InChI is InChI=1S/C17H16N2O2S/c1-10-4-5-13(11(2)8-10)15-9-22-17-18-12(3)14(19(15)17)6-7-16(20)21/h4-9H,1-3H3,(H,20,21)/b7-6+. The number of aliphatic carboxylic acids is 1. The van der Waals surface area contributed by atoms with Crippen LogP contribution in [0.5, 0.6) is 0 Å². The van der Waals surface area contributed by atoms with Crippen molar-refractivity contribution in [1.29, 1.82) is 0 Å². The average Bonchev–Trinajstić information content (AvgIpc) is 2.95. The van der Waals surface area contributed by atoms with Crippen molar-refractivity contribution in [2.75, 3.05) is 0 Å². The van der Waals surface area contributed by atoms with Gasteiger partial charge in [-0.15, -0.1) is 11.3 Å². The molecule has 22 heavy (non-hydrogen) atoms. The van der Waals surface area contributed by atoms with E-state index in [1.54, 1.807) is 17.4 Å². The maximum absolute atomic E-state index is 10.8. The number of carboxylic acid groups (broad SMARTS) is 1. The highest BCUT2D eigenvalue weighted by Gasteiger charge is 2.15. The summed E-state index contributed by atoms with van der Waals surface area (Å²) >= 11 is 1.56. The molecule has 3 aromatic rings. The first kappa shape index (κ1) is 14.5. The second kappa shape index (κ2) is 5.42. The summed E-state index contributed by atoms with van der Waals surface area (Å²) in [5.74, 6) is -0.961. The SMILES string of the molecule is Cc1ccc(-c2csc3nc(C)c(/C=C/C(=O)O)n23)c(C)c1. The molecule has 0 aliphatic carbocycles. The second-order valence-electron chi connectivity index (χ2n) is 5.31. The lowest BCUT2D eigenvalue weighted by atomic mass is 10.0. The van der Waals surface area contributed by atoms with Crippen LogP contribution < -0.4 is 0 Å². The number of carboxylic acids is 1. The largest absolute Gasteiger partial charge is 0.478 e. The smallest absolute Gasteiger partial charge is 0.328 e. The Bertz CT molecular complexity index is 903. The van der Waals surface area contributed by atoms with E-state index in [1.165, 1.54) is 11.1 Å². The van der Waals surface area contributed by atoms with Crippen molar-refractivity contribution in [3.63, 3.8) is 0 Å². The van der Waals surface area contributed by atoms with E-state index in [9.17, 15) is 4.79 Å². The Morgan fingerprint density at radius 2 is 2.09 bits per heavy atom. The molecule has 0 fully saturated rings. The van der Waals surface area contributed by atoms with Crippen LogP contribution in [-0.4, -0.2) is 20.5 Å². The number of hydrogen-bond donors (Lipinski definition) is 1. The number of carbonyl (C=O) groups is 1. The molecule has 0 bridgehead atoms. The fourth-order valence-corrected chi connectivity index (χ4v) is 3.56. The summed E-state index contributed by atoms with van der Waals surface area (Å²) in [5, 5.41) is 10.9. The van der Waals surface area contributed by atoms with Crippen molar-refractivity contribution in [1.82, 2.24) is 9.38 Å². The van der Waals surface area contributed by atoms with Gasteiger partial charge in [-0.05, 0) is 32.4 Å². The molecule has 5 heteroatoms. The van der Waals surface area contributed by atoms with E-state index in [0.29, 0.717) is 0 Å². The van der Waals surface area contributed by atoms with Crippen LogP contribution in [0.25, 0.3) is 22.3 Å². The van der Waals surface area contributed by atoms with E-state index >= 15 is 0 Å². The summed E-state index contributed by atoms with van der Waals surface area (Å²) in [7, 11) is 0. The summed E-state index contributed by atoms with van der Waals surface area (Å²) in [4.78, 5) is 16.2. The van der Waals surface area contributed by atoms with E-state index < -0.39 is 5.97 Å². The summed E-state index contributed by atoms with van der Waals surface area (Å²) in [6.07, 6.45) is 2.76. The van der Waals surface area contributed by atoms with Gasteiger partial charge >= 0.3 is 5.97 Å². The van der Waals surface area contributed by atoms with E-state index in [0.717, 1.165) is 33.7 Å². The predicted molar refractivity (Wildman–Crippen MR) is 89.4 cm³/mol. The van der Waals surface area contributed by atoms with Gasteiger partial charge in [0.25, 0.3) is 0 Å². The molecule has 2 aromatic heterocycles. The third-order valence-corrected chi connectivity index (χ3v) is 4.45. The lowest BCUT2D eigenvalue weighted by Gasteiger charge is -2.07. The number of hydrogen-bond acceptors (Lipinski definition) is 3. The highest BCUT2D eigenvalue weighted by Crippen LogP contribution is 2.31. The fourth-order valence-electron chi connectivity index (χ4n) is 2.62. The number of aryl methyl sites for hydroxylation is 3. The summed E-state index contributed by atoms with van der Waals surface area (Å²) in [6.45, 7) is 6.05. The monoisotopic (exact) mass is 312 g/mol. The van der Waals surface area contributed by atoms with Crippen LogP contribution in [-0.2, 0) is 4.79 Å². The topological polar surface area (TPSA) is 54.6 Å². The highest BCUT2D eigenvalue weighted by molar-refractivity contribution is 7.15. The number of thiazole rings is 1. The van der Waals surface area contributed by atoms with Crippen LogP contribution in [0, 0.1) is 20.8 Å². The van der Waals surface area contributed by atoms with Gasteiger partial charge in [-0.2, -0.15) is 0 Å². The number of aromatic nitrogens is 2. The number of nitrogens with zero attached hydrogens (tertiary/aromatic N) is 2. The van der Waals surface area contributed by atoms with Crippen molar-refractivity contribution in [3.8, 4) is 11.3 Å². The van der Waals surface area contributed by atoms with E-state index in [2.05, 4.69) is 42.4 Å². The van der Waals surface area contributed by atoms with Crippen molar-refractivity contribution in [2.45, 2.75) is 20.8 Å². The summed E-state index contributed by atoms with van der Waals surface area (Å²) < 4.78 is 2.02. The second-order valence-corrected chi connectivity index (χ2v) is 6.15. The maximum atomic E-state index is 10.8. The maximum Gasteiger partial charge on any atom is 0.328 e. The van der Waals surface area contributed by atoms with Crippen LogP contribution in [0.4, 0.5) is 0 Å². The Labute approximate surface area is 132 Å². The molecule has 3 rings (SSSR count). The molecule has 0 unspecified atom stereocenters. The summed E-state index contributed by atoms with van der Waals surface area (Å²) in [5.41, 5.74) is 6.24. The zero-order valence-corrected chi connectivity index (χ0v) is 13.4. The van der Waals surface area contributed by atoms with Gasteiger partial charge in [0.05, 0.1) is 17.1 Å². The van der Waals surface area contributed by atoms with Gasteiger partial charge in [0.2, 0.25) is 0 Å². The first-order valence-corrected chi connectivity index (χ1v) is 7.80. The molecule has 0 saturated heterocycles. The van der Waals surface area contributed by atoms with Crippen molar-refractivity contribution in [3.05, 3.63) is 52.2 Å². The van der Waals surface area contributed by atoms with Gasteiger partial charge in [-0.25, -0.2) is 9.78 Å². The highest BCUT2D eigenvalue weighted by atomic mass is 32.1. The Kier molecular flexibility index (Phi) is 3.58. The molecule has 0 spiro atoms. The van der Waals surface area contributed by atoms with E-state index in [1.807, 2.05) is 11.3 Å². The molecule has 0 atom stereocenters. The predicted octanol–water partition coefficient (Wildman–Crippen LogP) is 4.09. The average molecular weight is 312 g/mol. The molecule has 112 valence electrons. The van der Waals surface area contributed by atoms with Crippen LogP contribution in [0.1, 0.15) is 22.5 Å². The van der Waals surface area contributed by atoms with Gasteiger partial charge in [0, 0.05) is 17.0 Å². The third-order valence-electron chi connectivity index (χ3n) is 3.62. The van der Waals surface area contributed by atoms with E-state index in [-0.39, 0.29) is 0 Å². The van der Waals surface area contributed by atoms with Crippen molar-refractivity contribution in [2.24, 2.45) is 0 Å².